The maximum absolute atomic E-state index is 11.6. The summed E-state index contributed by atoms with van der Waals surface area (Å²) in [6.45, 7) is 1.79. The quantitative estimate of drug-likeness (QED) is 0.868. The van der Waals surface area contributed by atoms with Gasteiger partial charge in [-0.2, -0.15) is 0 Å². The van der Waals surface area contributed by atoms with Gasteiger partial charge in [0.05, 0.1) is 19.9 Å². The Labute approximate surface area is 122 Å². The van der Waals surface area contributed by atoms with Gasteiger partial charge in [0, 0.05) is 18.5 Å². The average Bonchev–Trinajstić information content (AvgIpc) is 2.46. The highest BCUT2D eigenvalue weighted by Gasteiger charge is 2.09. The van der Waals surface area contributed by atoms with Gasteiger partial charge in [0.25, 0.3) is 5.56 Å². The first-order chi connectivity index (χ1) is 10.0. The van der Waals surface area contributed by atoms with E-state index in [1.807, 2.05) is 18.2 Å². The van der Waals surface area contributed by atoms with Gasteiger partial charge in [-0.3, -0.25) is 4.79 Å². The number of benzene rings is 1. The highest BCUT2D eigenvalue weighted by molar-refractivity contribution is 5.43. The second-order valence-electron chi connectivity index (χ2n) is 4.77. The molecule has 1 aromatic carbocycles. The summed E-state index contributed by atoms with van der Waals surface area (Å²) in [6.07, 6.45) is 0.482. The van der Waals surface area contributed by atoms with Crippen molar-refractivity contribution in [3.05, 3.63) is 51.7 Å². The number of hydrogen-bond donors (Lipinski definition) is 2. The summed E-state index contributed by atoms with van der Waals surface area (Å²) in [7, 11) is 3.17. The van der Waals surface area contributed by atoms with E-state index >= 15 is 0 Å². The summed E-state index contributed by atoms with van der Waals surface area (Å²) < 4.78 is 10.5. The number of methoxy groups -OCH3 is 2. The molecule has 0 spiro atoms. The van der Waals surface area contributed by atoms with E-state index in [1.165, 1.54) is 6.07 Å². The number of aromatic amines is 1. The molecule has 1 atom stereocenters. The molecule has 0 radical (unpaired) electrons. The van der Waals surface area contributed by atoms with Crippen LogP contribution in [0.1, 0.15) is 30.0 Å². The SMILES string of the molecule is COc1ccc(Cc2nc(C(C)N)cc(=O)[nH]2)cc1OC. The van der Waals surface area contributed by atoms with Gasteiger partial charge in [0.2, 0.25) is 0 Å². The van der Waals surface area contributed by atoms with Crippen LogP contribution in [0.15, 0.2) is 29.1 Å². The van der Waals surface area contributed by atoms with Crippen molar-refractivity contribution in [1.29, 1.82) is 0 Å². The molecule has 21 heavy (non-hydrogen) atoms. The molecule has 0 bridgehead atoms. The van der Waals surface area contributed by atoms with E-state index in [2.05, 4.69) is 9.97 Å². The van der Waals surface area contributed by atoms with Gasteiger partial charge in [0.15, 0.2) is 11.5 Å². The molecule has 112 valence electrons. The van der Waals surface area contributed by atoms with E-state index in [1.54, 1.807) is 21.1 Å². The third-order valence-corrected chi connectivity index (χ3v) is 3.10. The van der Waals surface area contributed by atoms with Gasteiger partial charge >= 0.3 is 0 Å². The Morgan fingerprint density at radius 2 is 1.95 bits per heavy atom. The molecule has 0 aliphatic carbocycles. The number of nitrogens with one attached hydrogen (secondary N) is 1. The van der Waals surface area contributed by atoms with Gasteiger partial charge < -0.3 is 20.2 Å². The summed E-state index contributed by atoms with van der Waals surface area (Å²) in [5, 5.41) is 0. The summed E-state index contributed by atoms with van der Waals surface area (Å²) in [4.78, 5) is 18.7. The van der Waals surface area contributed by atoms with E-state index in [0.29, 0.717) is 29.4 Å². The Morgan fingerprint density at radius 3 is 2.57 bits per heavy atom. The van der Waals surface area contributed by atoms with Crippen LogP contribution in [0.2, 0.25) is 0 Å². The van der Waals surface area contributed by atoms with E-state index in [0.717, 1.165) is 5.56 Å². The van der Waals surface area contributed by atoms with E-state index < -0.39 is 0 Å². The van der Waals surface area contributed by atoms with Crippen molar-refractivity contribution in [3.8, 4) is 11.5 Å². The Bertz CT molecular complexity index is 680. The van der Waals surface area contributed by atoms with Crippen molar-refractivity contribution in [1.82, 2.24) is 9.97 Å². The van der Waals surface area contributed by atoms with Crippen LogP contribution in [-0.4, -0.2) is 24.2 Å². The third kappa shape index (κ3) is 3.61. The van der Waals surface area contributed by atoms with E-state index in [4.69, 9.17) is 15.2 Å². The lowest BCUT2D eigenvalue weighted by Gasteiger charge is -2.10. The predicted octanol–water partition coefficient (Wildman–Crippen LogP) is 1.40. The largest absolute Gasteiger partial charge is 0.493 e. The minimum absolute atomic E-state index is 0.201. The van der Waals surface area contributed by atoms with Crippen LogP contribution in [0.3, 0.4) is 0 Å². The first kappa shape index (κ1) is 15.1. The molecule has 0 fully saturated rings. The minimum atomic E-state index is -0.281. The Hall–Kier alpha value is -2.34. The van der Waals surface area contributed by atoms with Crippen molar-refractivity contribution in [2.75, 3.05) is 14.2 Å². The molecule has 1 aromatic heterocycles. The summed E-state index contributed by atoms with van der Waals surface area (Å²) in [5.41, 5.74) is 7.11. The van der Waals surface area contributed by atoms with Gasteiger partial charge in [-0.1, -0.05) is 6.07 Å². The molecule has 0 saturated carbocycles. The molecule has 2 rings (SSSR count). The molecule has 1 heterocycles. The van der Waals surface area contributed by atoms with Crippen LogP contribution in [0.25, 0.3) is 0 Å². The van der Waals surface area contributed by atoms with E-state index in [-0.39, 0.29) is 11.6 Å². The molecule has 0 saturated heterocycles. The number of rotatable bonds is 5. The molecule has 0 amide bonds. The summed E-state index contributed by atoms with van der Waals surface area (Å²) in [6, 6.07) is 6.72. The lowest BCUT2D eigenvalue weighted by Crippen LogP contribution is -2.17. The molecule has 0 aliphatic rings. The zero-order chi connectivity index (χ0) is 15.4. The second-order valence-corrected chi connectivity index (χ2v) is 4.77. The highest BCUT2D eigenvalue weighted by atomic mass is 16.5. The van der Waals surface area contributed by atoms with Crippen molar-refractivity contribution in [3.63, 3.8) is 0 Å². The molecular weight excluding hydrogens is 270 g/mol. The van der Waals surface area contributed by atoms with Crippen LogP contribution in [0.5, 0.6) is 11.5 Å². The molecule has 3 N–H and O–H groups in total. The number of nitrogens with zero attached hydrogens (tertiary/aromatic N) is 1. The number of hydrogen-bond acceptors (Lipinski definition) is 5. The van der Waals surface area contributed by atoms with Crippen molar-refractivity contribution in [2.45, 2.75) is 19.4 Å². The third-order valence-electron chi connectivity index (χ3n) is 3.10. The fourth-order valence-electron chi connectivity index (χ4n) is 2.03. The van der Waals surface area contributed by atoms with Crippen LogP contribution in [-0.2, 0) is 6.42 Å². The number of ether oxygens (including phenoxy) is 2. The standard InChI is InChI=1S/C15H19N3O3/c1-9(16)11-8-15(19)18-14(17-11)7-10-4-5-12(20-2)13(6-10)21-3/h4-6,8-9H,7,16H2,1-3H3,(H,17,18,19). The Morgan fingerprint density at radius 1 is 1.24 bits per heavy atom. The predicted molar refractivity (Wildman–Crippen MR) is 79.8 cm³/mol. The maximum Gasteiger partial charge on any atom is 0.251 e. The topological polar surface area (TPSA) is 90.2 Å². The lowest BCUT2D eigenvalue weighted by atomic mass is 10.1. The van der Waals surface area contributed by atoms with Gasteiger partial charge in [-0.05, 0) is 24.6 Å². The smallest absolute Gasteiger partial charge is 0.251 e. The number of H-pyrrole nitrogens is 1. The van der Waals surface area contributed by atoms with Gasteiger partial charge in [-0.15, -0.1) is 0 Å². The highest BCUT2D eigenvalue weighted by Crippen LogP contribution is 2.28. The first-order valence-electron chi connectivity index (χ1n) is 6.60. The zero-order valence-corrected chi connectivity index (χ0v) is 12.3. The number of aromatic nitrogens is 2. The van der Waals surface area contributed by atoms with Gasteiger partial charge in [0.1, 0.15) is 5.82 Å². The molecule has 0 aliphatic heterocycles. The fraction of sp³-hybridized carbons (Fsp3) is 0.333. The molecular formula is C15H19N3O3. The second kappa shape index (κ2) is 6.41. The summed E-state index contributed by atoms with van der Waals surface area (Å²) in [5.74, 6) is 1.87. The molecule has 2 aromatic rings. The molecule has 6 nitrogen and oxygen atoms in total. The monoisotopic (exact) mass is 289 g/mol. The average molecular weight is 289 g/mol. The molecule has 1 unspecified atom stereocenters. The minimum Gasteiger partial charge on any atom is -0.493 e. The number of nitrogens with two attached hydrogens (primary N) is 1. The maximum atomic E-state index is 11.6. The van der Waals surface area contributed by atoms with E-state index in [9.17, 15) is 4.79 Å². The van der Waals surface area contributed by atoms with Crippen molar-refractivity contribution < 1.29 is 9.47 Å². The normalized spacial score (nSPS) is 12.0. The Kier molecular flexibility index (Phi) is 4.59. The van der Waals surface area contributed by atoms with Gasteiger partial charge in [-0.25, -0.2) is 4.98 Å². The zero-order valence-electron chi connectivity index (χ0n) is 12.3. The van der Waals surface area contributed by atoms with Crippen LogP contribution in [0, 0.1) is 0 Å². The van der Waals surface area contributed by atoms with Crippen LogP contribution < -0.4 is 20.8 Å². The van der Waals surface area contributed by atoms with Crippen molar-refractivity contribution >= 4 is 0 Å². The van der Waals surface area contributed by atoms with Crippen LogP contribution in [0.4, 0.5) is 0 Å². The lowest BCUT2D eigenvalue weighted by molar-refractivity contribution is 0.354. The molecule has 6 heteroatoms. The fourth-order valence-corrected chi connectivity index (χ4v) is 2.03. The Balaban J connectivity index is 2.32. The van der Waals surface area contributed by atoms with Crippen molar-refractivity contribution in [2.24, 2.45) is 5.73 Å². The summed E-state index contributed by atoms with van der Waals surface area (Å²) >= 11 is 0. The van der Waals surface area contributed by atoms with Crippen LogP contribution >= 0.6 is 0 Å². The first-order valence-corrected chi connectivity index (χ1v) is 6.60.